The van der Waals surface area contributed by atoms with E-state index in [2.05, 4.69) is 15.7 Å². The number of pyridine rings is 1. The number of nitrogens with one attached hydrogen (secondary N) is 2. The van der Waals surface area contributed by atoms with Crippen LogP contribution in [-0.2, 0) is 0 Å². The molecular formula is C11H13N5O3S. The number of nitro groups is 1. The van der Waals surface area contributed by atoms with Crippen molar-refractivity contribution in [3.63, 3.8) is 0 Å². The summed E-state index contributed by atoms with van der Waals surface area (Å²) in [5.41, 5.74) is 2.91. The highest BCUT2D eigenvalue weighted by Crippen LogP contribution is 2.21. The number of thiophene rings is 1. The van der Waals surface area contributed by atoms with E-state index >= 15 is 0 Å². The van der Waals surface area contributed by atoms with Gasteiger partial charge in [0.2, 0.25) is 0 Å². The minimum absolute atomic E-state index is 0.138. The van der Waals surface area contributed by atoms with Gasteiger partial charge in [0.25, 0.3) is 5.69 Å². The van der Waals surface area contributed by atoms with Gasteiger partial charge < -0.3 is 15.8 Å². The Kier molecular flexibility index (Phi) is 4.45. The third kappa shape index (κ3) is 3.41. The molecule has 0 saturated carbocycles. The third-order valence-corrected chi connectivity index (χ3v) is 3.27. The largest absolute Gasteiger partial charge is 0.387 e. The first-order chi connectivity index (χ1) is 9.60. The van der Waals surface area contributed by atoms with Gasteiger partial charge in [-0.3, -0.25) is 10.1 Å². The molecule has 0 aromatic carbocycles. The van der Waals surface area contributed by atoms with Crippen molar-refractivity contribution in [1.82, 2.24) is 4.98 Å². The summed E-state index contributed by atoms with van der Waals surface area (Å²) in [6.45, 7) is 0.189. The van der Waals surface area contributed by atoms with E-state index in [-0.39, 0.29) is 23.9 Å². The molecule has 2 aromatic rings. The molecular weight excluding hydrogens is 282 g/mol. The lowest BCUT2D eigenvalue weighted by Gasteiger charge is -2.11. The van der Waals surface area contributed by atoms with Crippen LogP contribution in [0.1, 0.15) is 11.7 Å². The van der Waals surface area contributed by atoms with E-state index in [0.717, 1.165) is 5.56 Å². The van der Waals surface area contributed by atoms with Crippen molar-refractivity contribution in [1.29, 1.82) is 0 Å². The Hall–Kier alpha value is -2.23. The topological polar surface area (TPSA) is 126 Å². The summed E-state index contributed by atoms with van der Waals surface area (Å²) in [7, 11) is 0. The summed E-state index contributed by atoms with van der Waals surface area (Å²) < 4.78 is 0. The summed E-state index contributed by atoms with van der Waals surface area (Å²) in [5.74, 6) is 5.65. The molecule has 2 heterocycles. The number of rotatable bonds is 6. The standard InChI is InChI=1S/C11H13N5O3S/c12-15-11-4-8(16(18)19)3-10(14-11)13-5-9(17)7-1-2-20-6-7/h1-4,6,9,17H,5,12H2,(H2,13,14,15). The van der Waals surface area contributed by atoms with Crippen LogP contribution in [0.4, 0.5) is 17.3 Å². The first-order valence-electron chi connectivity index (χ1n) is 5.67. The molecule has 2 rings (SSSR count). The minimum atomic E-state index is -0.711. The van der Waals surface area contributed by atoms with Crippen LogP contribution in [0.2, 0.25) is 0 Å². The van der Waals surface area contributed by atoms with Crippen LogP contribution >= 0.6 is 11.3 Å². The number of hydrogen-bond donors (Lipinski definition) is 4. The number of nitrogens with two attached hydrogens (primary N) is 1. The van der Waals surface area contributed by atoms with Crippen molar-refractivity contribution >= 4 is 28.7 Å². The Morgan fingerprint density at radius 1 is 1.50 bits per heavy atom. The average Bonchev–Trinajstić information content (AvgIpc) is 2.98. The van der Waals surface area contributed by atoms with Crippen LogP contribution in [0.3, 0.4) is 0 Å². The number of nitrogen functional groups attached to an aromatic ring is 1. The van der Waals surface area contributed by atoms with Crippen molar-refractivity contribution < 1.29 is 10.0 Å². The molecule has 5 N–H and O–H groups in total. The lowest BCUT2D eigenvalue weighted by molar-refractivity contribution is -0.384. The van der Waals surface area contributed by atoms with Gasteiger partial charge in [0.15, 0.2) is 0 Å². The fraction of sp³-hybridized carbons (Fsp3) is 0.182. The molecule has 0 radical (unpaired) electrons. The number of hydrazine groups is 1. The number of aliphatic hydroxyl groups excluding tert-OH is 1. The molecule has 0 saturated heterocycles. The fourth-order valence-electron chi connectivity index (χ4n) is 1.57. The van der Waals surface area contributed by atoms with Gasteiger partial charge in [-0.2, -0.15) is 11.3 Å². The molecule has 106 valence electrons. The lowest BCUT2D eigenvalue weighted by atomic mass is 10.2. The molecule has 0 aliphatic heterocycles. The monoisotopic (exact) mass is 295 g/mol. The molecule has 9 heteroatoms. The highest BCUT2D eigenvalue weighted by Gasteiger charge is 2.12. The van der Waals surface area contributed by atoms with Crippen LogP contribution in [0.25, 0.3) is 0 Å². The molecule has 0 spiro atoms. The molecule has 1 atom stereocenters. The van der Waals surface area contributed by atoms with Gasteiger partial charge in [-0.15, -0.1) is 0 Å². The molecule has 1 unspecified atom stereocenters. The lowest BCUT2D eigenvalue weighted by Crippen LogP contribution is -2.14. The van der Waals surface area contributed by atoms with Crippen molar-refractivity contribution in [2.24, 2.45) is 5.84 Å². The first kappa shape index (κ1) is 14.2. The maximum atomic E-state index is 10.8. The molecule has 0 amide bonds. The highest BCUT2D eigenvalue weighted by molar-refractivity contribution is 7.07. The second kappa shape index (κ2) is 6.28. The van der Waals surface area contributed by atoms with Crippen molar-refractivity contribution in [3.05, 3.63) is 44.6 Å². The van der Waals surface area contributed by atoms with Crippen LogP contribution in [-0.4, -0.2) is 21.6 Å². The normalized spacial score (nSPS) is 11.9. The molecule has 2 aromatic heterocycles. The molecule has 0 aliphatic rings. The summed E-state index contributed by atoms with van der Waals surface area (Å²) in [6.07, 6.45) is -0.711. The average molecular weight is 295 g/mol. The summed E-state index contributed by atoms with van der Waals surface area (Å²) >= 11 is 1.48. The van der Waals surface area contributed by atoms with E-state index in [1.807, 2.05) is 16.8 Å². The minimum Gasteiger partial charge on any atom is -0.387 e. The Bertz CT molecular complexity index is 590. The smallest absolute Gasteiger partial charge is 0.276 e. The Labute approximate surface area is 118 Å². The Morgan fingerprint density at radius 2 is 2.25 bits per heavy atom. The van der Waals surface area contributed by atoms with Crippen LogP contribution < -0.4 is 16.6 Å². The summed E-state index contributed by atoms with van der Waals surface area (Å²) in [5, 5.41) is 27.2. The molecule has 0 aliphatic carbocycles. The second-order valence-electron chi connectivity index (χ2n) is 3.95. The van der Waals surface area contributed by atoms with E-state index in [1.165, 1.54) is 23.5 Å². The Morgan fingerprint density at radius 3 is 2.85 bits per heavy atom. The number of anilines is 2. The van der Waals surface area contributed by atoms with Gasteiger partial charge in [-0.05, 0) is 22.4 Å². The van der Waals surface area contributed by atoms with E-state index in [4.69, 9.17) is 5.84 Å². The zero-order chi connectivity index (χ0) is 14.5. The SMILES string of the molecule is NNc1cc([N+](=O)[O-])cc(NCC(O)c2ccsc2)n1. The maximum Gasteiger partial charge on any atom is 0.276 e. The quantitative estimate of drug-likeness (QED) is 0.361. The van der Waals surface area contributed by atoms with E-state index in [0.29, 0.717) is 0 Å². The molecule has 0 fully saturated rings. The molecule has 20 heavy (non-hydrogen) atoms. The van der Waals surface area contributed by atoms with Gasteiger partial charge in [0.05, 0.1) is 23.2 Å². The van der Waals surface area contributed by atoms with Gasteiger partial charge in [-0.1, -0.05) is 0 Å². The third-order valence-electron chi connectivity index (χ3n) is 2.57. The zero-order valence-corrected chi connectivity index (χ0v) is 11.1. The van der Waals surface area contributed by atoms with Crippen molar-refractivity contribution in [3.8, 4) is 0 Å². The van der Waals surface area contributed by atoms with Gasteiger partial charge in [0, 0.05) is 6.54 Å². The molecule has 8 nitrogen and oxygen atoms in total. The van der Waals surface area contributed by atoms with Gasteiger partial charge >= 0.3 is 0 Å². The summed E-state index contributed by atoms with van der Waals surface area (Å²) in [4.78, 5) is 14.3. The fourth-order valence-corrected chi connectivity index (χ4v) is 2.28. The summed E-state index contributed by atoms with van der Waals surface area (Å²) in [6, 6.07) is 4.31. The maximum absolute atomic E-state index is 10.8. The van der Waals surface area contributed by atoms with E-state index < -0.39 is 11.0 Å². The van der Waals surface area contributed by atoms with E-state index in [1.54, 1.807) is 0 Å². The second-order valence-corrected chi connectivity index (χ2v) is 4.73. The first-order valence-corrected chi connectivity index (χ1v) is 6.61. The van der Waals surface area contributed by atoms with Crippen molar-refractivity contribution in [2.45, 2.75) is 6.10 Å². The zero-order valence-electron chi connectivity index (χ0n) is 10.3. The van der Waals surface area contributed by atoms with Gasteiger partial charge in [-0.25, -0.2) is 10.8 Å². The number of nitrogens with zero attached hydrogens (tertiary/aromatic N) is 2. The van der Waals surface area contributed by atoms with Crippen LogP contribution in [0.15, 0.2) is 29.0 Å². The van der Waals surface area contributed by atoms with Crippen LogP contribution in [0, 0.1) is 10.1 Å². The predicted molar refractivity (Wildman–Crippen MR) is 76.5 cm³/mol. The Balaban J connectivity index is 2.09. The highest BCUT2D eigenvalue weighted by atomic mass is 32.1. The number of aromatic nitrogens is 1. The van der Waals surface area contributed by atoms with Crippen molar-refractivity contribution in [2.75, 3.05) is 17.3 Å². The number of hydrogen-bond acceptors (Lipinski definition) is 8. The van der Waals surface area contributed by atoms with Gasteiger partial charge in [0.1, 0.15) is 11.6 Å². The van der Waals surface area contributed by atoms with Crippen LogP contribution in [0.5, 0.6) is 0 Å². The predicted octanol–water partition coefficient (Wildman–Crippen LogP) is 1.48. The van der Waals surface area contributed by atoms with E-state index in [9.17, 15) is 15.2 Å². The molecule has 0 bridgehead atoms. The number of aliphatic hydroxyl groups is 1.